The van der Waals surface area contributed by atoms with Crippen molar-refractivity contribution in [3.8, 4) is 0 Å². The van der Waals surface area contributed by atoms with Crippen molar-refractivity contribution in [3.05, 3.63) is 0 Å². The molecule has 0 aromatic heterocycles. The summed E-state index contributed by atoms with van der Waals surface area (Å²) in [5.41, 5.74) is -0.151. The molecule has 1 rings (SSSR count). The van der Waals surface area contributed by atoms with Gasteiger partial charge in [-0.2, -0.15) is 0 Å². The highest BCUT2D eigenvalue weighted by molar-refractivity contribution is 4.91. The van der Waals surface area contributed by atoms with E-state index < -0.39 is 0 Å². The molecule has 1 fully saturated rings. The van der Waals surface area contributed by atoms with Crippen LogP contribution in [0.25, 0.3) is 0 Å². The maximum Gasteiger partial charge on any atom is 0.0611 e. The van der Waals surface area contributed by atoms with Crippen molar-refractivity contribution < 1.29 is 5.11 Å². The lowest BCUT2D eigenvalue weighted by atomic mass is 9.94. The summed E-state index contributed by atoms with van der Waals surface area (Å²) in [5, 5.41) is 13.1. The predicted molar refractivity (Wildman–Crippen MR) is 86.1 cm³/mol. The van der Waals surface area contributed by atoms with Crippen LogP contribution in [0.4, 0.5) is 0 Å². The number of nitrogens with zero attached hydrogens (tertiary/aromatic N) is 2. The smallest absolute Gasteiger partial charge is 0.0611 e. The molecule has 0 aliphatic carbocycles. The van der Waals surface area contributed by atoms with Gasteiger partial charge >= 0.3 is 0 Å². The van der Waals surface area contributed by atoms with Crippen LogP contribution in [0, 0.1) is 0 Å². The number of rotatable bonds is 9. The van der Waals surface area contributed by atoms with Crippen LogP contribution < -0.4 is 5.32 Å². The Balaban J connectivity index is 2.51. The number of aliphatic hydroxyl groups is 1. The van der Waals surface area contributed by atoms with Crippen LogP contribution in [0.3, 0.4) is 0 Å². The second-order valence-electron chi connectivity index (χ2n) is 6.46. The average Bonchev–Trinajstić information content (AvgIpc) is 2.90. The first kappa shape index (κ1) is 17.9. The van der Waals surface area contributed by atoms with Gasteiger partial charge in [0.05, 0.1) is 6.61 Å². The van der Waals surface area contributed by atoms with E-state index in [4.69, 9.17) is 0 Å². The Morgan fingerprint density at radius 2 is 2.00 bits per heavy atom. The quantitative estimate of drug-likeness (QED) is 0.674. The Labute approximate surface area is 125 Å². The highest BCUT2D eigenvalue weighted by Crippen LogP contribution is 2.22. The highest BCUT2D eigenvalue weighted by Gasteiger charge is 2.32. The fourth-order valence-electron chi connectivity index (χ4n) is 3.61. The Kier molecular flexibility index (Phi) is 7.45. The molecular weight excluding hydrogens is 250 g/mol. The molecule has 1 saturated heterocycles. The first-order valence-corrected chi connectivity index (χ1v) is 8.33. The zero-order valence-corrected chi connectivity index (χ0v) is 14.2. The van der Waals surface area contributed by atoms with Gasteiger partial charge in [-0.1, -0.05) is 20.8 Å². The van der Waals surface area contributed by atoms with Gasteiger partial charge in [0.2, 0.25) is 0 Å². The predicted octanol–water partition coefficient (Wildman–Crippen LogP) is 1.54. The van der Waals surface area contributed by atoms with Crippen LogP contribution in [-0.4, -0.2) is 71.9 Å². The zero-order chi connectivity index (χ0) is 15.2. The molecule has 0 amide bonds. The molecule has 1 aliphatic rings. The van der Waals surface area contributed by atoms with E-state index in [1.54, 1.807) is 0 Å². The van der Waals surface area contributed by atoms with Gasteiger partial charge in [0.1, 0.15) is 0 Å². The lowest BCUT2D eigenvalue weighted by molar-refractivity contribution is 0.121. The SMILES string of the molecule is CCNC(C)(CO)CC(C)N1CCC(N(CC)CC)C1. The van der Waals surface area contributed by atoms with Gasteiger partial charge in [-0.25, -0.2) is 0 Å². The minimum atomic E-state index is -0.151. The Morgan fingerprint density at radius 3 is 2.50 bits per heavy atom. The molecule has 2 N–H and O–H groups in total. The third kappa shape index (κ3) is 4.69. The maximum atomic E-state index is 9.64. The number of nitrogens with one attached hydrogen (secondary N) is 1. The molecule has 0 radical (unpaired) electrons. The number of hydrogen-bond donors (Lipinski definition) is 2. The highest BCUT2D eigenvalue weighted by atomic mass is 16.3. The Morgan fingerprint density at radius 1 is 1.35 bits per heavy atom. The van der Waals surface area contributed by atoms with E-state index in [0.717, 1.165) is 26.1 Å². The Hall–Kier alpha value is -0.160. The summed E-state index contributed by atoms with van der Waals surface area (Å²) in [6.07, 6.45) is 2.28. The molecule has 4 nitrogen and oxygen atoms in total. The molecule has 0 aromatic rings. The molecule has 3 unspecified atom stereocenters. The van der Waals surface area contributed by atoms with Crippen LogP contribution >= 0.6 is 0 Å². The van der Waals surface area contributed by atoms with Gasteiger partial charge in [0.15, 0.2) is 0 Å². The van der Waals surface area contributed by atoms with Gasteiger partial charge in [0.25, 0.3) is 0 Å². The van der Waals surface area contributed by atoms with Crippen LogP contribution in [-0.2, 0) is 0 Å². The summed E-state index contributed by atoms with van der Waals surface area (Å²) >= 11 is 0. The van der Waals surface area contributed by atoms with Gasteiger partial charge in [0, 0.05) is 30.7 Å². The van der Waals surface area contributed by atoms with E-state index >= 15 is 0 Å². The molecule has 1 heterocycles. The third-order valence-corrected chi connectivity index (χ3v) is 4.85. The maximum absolute atomic E-state index is 9.64. The number of aliphatic hydroxyl groups excluding tert-OH is 1. The lowest BCUT2D eigenvalue weighted by Gasteiger charge is -2.35. The van der Waals surface area contributed by atoms with Crippen LogP contribution in [0.2, 0.25) is 0 Å². The summed E-state index contributed by atoms with van der Waals surface area (Å²) < 4.78 is 0. The molecule has 1 aliphatic heterocycles. The van der Waals surface area contributed by atoms with E-state index in [-0.39, 0.29) is 12.1 Å². The first-order chi connectivity index (χ1) is 9.49. The van der Waals surface area contributed by atoms with Crippen LogP contribution in [0.1, 0.15) is 47.5 Å². The standard InChI is InChI=1S/C16H35N3O/c1-6-17-16(5,13-20)11-14(4)19-10-9-15(12-19)18(7-2)8-3/h14-15,17,20H,6-13H2,1-5H3. The van der Waals surface area contributed by atoms with Crippen molar-refractivity contribution >= 4 is 0 Å². The number of likely N-dealkylation sites (tertiary alicyclic amines) is 1. The summed E-state index contributed by atoms with van der Waals surface area (Å²) in [4.78, 5) is 5.16. The van der Waals surface area contributed by atoms with Crippen molar-refractivity contribution in [2.45, 2.75) is 65.1 Å². The molecular formula is C16H35N3O. The summed E-state index contributed by atoms with van der Waals surface area (Å²) in [6.45, 7) is 16.8. The third-order valence-electron chi connectivity index (χ3n) is 4.85. The van der Waals surface area contributed by atoms with Crippen LogP contribution in [0.15, 0.2) is 0 Å². The van der Waals surface area contributed by atoms with Gasteiger partial charge in [-0.3, -0.25) is 9.80 Å². The summed E-state index contributed by atoms with van der Waals surface area (Å²) in [5.74, 6) is 0. The van der Waals surface area contributed by atoms with E-state index in [1.165, 1.54) is 19.5 Å². The molecule has 0 spiro atoms. The average molecular weight is 285 g/mol. The first-order valence-electron chi connectivity index (χ1n) is 8.33. The molecule has 3 atom stereocenters. The van der Waals surface area contributed by atoms with E-state index in [9.17, 15) is 5.11 Å². The molecule has 20 heavy (non-hydrogen) atoms. The summed E-state index contributed by atoms with van der Waals surface area (Å²) in [6, 6.07) is 1.23. The molecule has 0 bridgehead atoms. The van der Waals surface area contributed by atoms with Crippen LogP contribution in [0.5, 0.6) is 0 Å². The van der Waals surface area contributed by atoms with Crippen molar-refractivity contribution in [1.82, 2.24) is 15.1 Å². The van der Waals surface area contributed by atoms with Crippen molar-refractivity contribution in [2.24, 2.45) is 0 Å². The van der Waals surface area contributed by atoms with Gasteiger partial charge in [-0.15, -0.1) is 0 Å². The largest absolute Gasteiger partial charge is 0.394 e. The van der Waals surface area contributed by atoms with E-state index in [0.29, 0.717) is 12.1 Å². The monoisotopic (exact) mass is 285 g/mol. The number of likely N-dealkylation sites (N-methyl/N-ethyl adjacent to an activating group) is 2. The fraction of sp³-hybridized carbons (Fsp3) is 1.00. The molecule has 0 saturated carbocycles. The minimum Gasteiger partial charge on any atom is -0.394 e. The van der Waals surface area contributed by atoms with Crippen molar-refractivity contribution in [2.75, 3.05) is 39.3 Å². The van der Waals surface area contributed by atoms with Crippen molar-refractivity contribution in [3.63, 3.8) is 0 Å². The molecule has 0 aromatic carbocycles. The normalized spacial score (nSPS) is 25.1. The second kappa shape index (κ2) is 8.32. The topological polar surface area (TPSA) is 38.7 Å². The van der Waals surface area contributed by atoms with E-state index in [2.05, 4.69) is 49.7 Å². The van der Waals surface area contributed by atoms with Crippen molar-refractivity contribution in [1.29, 1.82) is 0 Å². The zero-order valence-electron chi connectivity index (χ0n) is 14.2. The van der Waals surface area contributed by atoms with Gasteiger partial charge in [-0.05, 0) is 46.3 Å². The van der Waals surface area contributed by atoms with E-state index in [1.807, 2.05) is 0 Å². The summed E-state index contributed by atoms with van der Waals surface area (Å²) in [7, 11) is 0. The second-order valence-corrected chi connectivity index (χ2v) is 6.46. The lowest BCUT2D eigenvalue weighted by Crippen LogP contribution is -2.50. The molecule has 120 valence electrons. The minimum absolute atomic E-state index is 0.151. The fourth-order valence-corrected chi connectivity index (χ4v) is 3.61. The Bertz CT molecular complexity index is 270. The number of hydrogen-bond acceptors (Lipinski definition) is 4. The van der Waals surface area contributed by atoms with Gasteiger partial charge < -0.3 is 10.4 Å². The molecule has 4 heteroatoms.